The molecule has 1 saturated heterocycles. The van der Waals surface area contributed by atoms with Gasteiger partial charge < -0.3 is 0 Å². The molecule has 2 amide bonds. The second-order valence-corrected chi connectivity index (χ2v) is 7.68. The van der Waals surface area contributed by atoms with E-state index < -0.39 is 0 Å². The number of hydrogen-bond acceptors (Lipinski definition) is 6. The fourth-order valence-corrected chi connectivity index (χ4v) is 4.31. The number of unbranched alkanes of at least 4 members (excludes halogenated alkanes) is 2. The molecule has 0 spiro atoms. The number of allylic oxidation sites excluding steroid dienone is 1. The summed E-state index contributed by atoms with van der Waals surface area (Å²) in [5, 5.41) is 0.758. The van der Waals surface area contributed by atoms with Gasteiger partial charge in [-0.3, -0.25) is 18.9 Å². The largest absolute Gasteiger partial charge is 0.293 e. The molecule has 6 nitrogen and oxygen atoms in total. The highest BCUT2D eigenvalue weighted by Gasteiger charge is 2.34. The zero-order chi connectivity index (χ0) is 17.6. The average Bonchev–Trinajstić information content (AvgIpc) is 3.19. The summed E-state index contributed by atoms with van der Waals surface area (Å²) < 4.78 is 1.96. The first kappa shape index (κ1) is 18.0. The molecule has 132 valence electrons. The molecule has 1 fully saturated rings. The minimum atomic E-state index is -0.148. The smallest absolute Gasteiger partial charge is 0.279 e. The van der Waals surface area contributed by atoms with Crippen LogP contribution >= 0.6 is 23.5 Å². The minimum Gasteiger partial charge on any atom is -0.279 e. The van der Waals surface area contributed by atoms with Crippen molar-refractivity contribution in [3.8, 4) is 0 Å². The van der Waals surface area contributed by atoms with Gasteiger partial charge in [0, 0.05) is 30.9 Å². The van der Waals surface area contributed by atoms with Crippen LogP contribution in [0.25, 0.3) is 5.65 Å². The first-order valence-electron chi connectivity index (χ1n) is 8.35. The SMILES string of the molecule is CCCC=C1SC(=O)N(CCCCSc2nccc3nccn23)C1=O. The summed E-state index contributed by atoms with van der Waals surface area (Å²) in [5.41, 5.74) is 0.884. The maximum Gasteiger partial charge on any atom is 0.293 e. The third-order valence-corrected chi connectivity index (χ3v) is 5.79. The molecule has 0 saturated carbocycles. The Kier molecular flexibility index (Phi) is 6.14. The lowest BCUT2D eigenvalue weighted by atomic mass is 10.3. The third-order valence-electron chi connectivity index (χ3n) is 3.78. The molecule has 2 aromatic rings. The van der Waals surface area contributed by atoms with E-state index in [2.05, 4.69) is 16.9 Å². The van der Waals surface area contributed by atoms with Crippen molar-refractivity contribution in [2.24, 2.45) is 0 Å². The van der Waals surface area contributed by atoms with Crippen LogP contribution in [0.4, 0.5) is 4.79 Å². The standard InChI is InChI=1S/C17H20N4O2S2/c1-2-3-6-13-15(22)21(17(23)25-13)10-4-5-12-24-16-19-8-7-14-18-9-11-20(14)16/h6-9,11H,2-5,10,12H2,1H3. The normalized spacial score (nSPS) is 16.5. The number of carbonyl (C=O) groups is 2. The lowest BCUT2D eigenvalue weighted by Crippen LogP contribution is -2.29. The second kappa shape index (κ2) is 8.53. The van der Waals surface area contributed by atoms with E-state index in [0.717, 1.165) is 54.0 Å². The predicted molar refractivity (Wildman–Crippen MR) is 101 cm³/mol. The topological polar surface area (TPSA) is 67.6 Å². The molecule has 2 aromatic heterocycles. The van der Waals surface area contributed by atoms with Gasteiger partial charge in [0.05, 0.1) is 4.91 Å². The summed E-state index contributed by atoms with van der Waals surface area (Å²) in [6.07, 6.45) is 10.8. The molecule has 0 aromatic carbocycles. The van der Waals surface area contributed by atoms with E-state index in [-0.39, 0.29) is 11.1 Å². The van der Waals surface area contributed by atoms with Gasteiger partial charge in [-0.15, -0.1) is 0 Å². The number of imide groups is 1. The molecular formula is C17H20N4O2S2. The van der Waals surface area contributed by atoms with Crippen molar-refractivity contribution in [2.45, 2.75) is 37.8 Å². The van der Waals surface area contributed by atoms with Gasteiger partial charge in [0.15, 0.2) is 5.16 Å². The van der Waals surface area contributed by atoms with E-state index in [0.29, 0.717) is 11.4 Å². The fourth-order valence-electron chi connectivity index (χ4n) is 2.48. The summed E-state index contributed by atoms with van der Waals surface area (Å²) in [5.74, 6) is 0.743. The average molecular weight is 377 g/mol. The maximum atomic E-state index is 12.2. The van der Waals surface area contributed by atoms with Crippen molar-refractivity contribution in [3.05, 3.63) is 35.6 Å². The molecule has 1 aliphatic rings. The molecule has 25 heavy (non-hydrogen) atoms. The number of rotatable bonds is 8. The summed E-state index contributed by atoms with van der Waals surface area (Å²) in [4.78, 5) is 34.7. The number of thioether (sulfide) groups is 2. The lowest BCUT2D eigenvalue weighted by molar-refractivity contribution is -0.122. The van der Waals surface area contributed by atoms with Crippen LogP contribution in [0.15, 0.2) is 40.8 Å². The number of aromatic nitrogens is 3. The predicted octanol–water partition coefficient (Wildman–Crippen LogP) is 3.98. The monoisotopic (exact) mass is 376 g/mol. The Morgan fingerprint density at radius 1 is 1.24 bits per heavy atom. The van der Waals surface area contributed by atoms with Crippen molar-refractivity contribution in [2.75, 3.05) is 12.3 Å². The van der Waals surface area contributed by atoms with Crippen LogP contribution in [-0.4, -0.2) is 42.7 Å². The molecule has 3 rings (SSSR count). The summed E-state index contributed by atoms with van der Waals surface area (Å²) in [6.45, 7) is 2.54. The van der Waals surface area contributed by atoms with E-state index in [1.54, 1.807) is 24.2 Å². The summed E-state index contributed by atoms with van der Waals surface area (Å²) in [7, 11) is 0. The van der Waals surface area contributed by atoms with Crippen molar-refractivity contribution < 1.29 is 9.59 Å². The Bertz CT molecular complexity index is 803. The first-order valence-corrected chi connectivity index (χ1v) is 10.2. The Balaban J connectivity index is 1.45. The van der Waals surface area contributed by atoms with Crippen LogP contribution in [0.3, 0.4) is 0 Å². The van der Waals surface area contributed by atoms with E-state index in [4.69, 9.17) is 0 Å². The fraction of sp³-hybridized carbons (Fsp3) is 0.412. The minimum absolute atomic E-state index is 0.138. The number of fused-ring (bicyclic) bond motifs is 1. The van der Waals surface area contributed by atoms with Crippen LogP contribution in [0, 0.1) is 0 Å². The Morgan fingerprint density at radius 3 is 2.96 bits per heavy atom. The first-order chi connectivity index (χ1) is 12.2. The second-order valence-electron chi connectivity index (χ2n) is 5.62. The highest BCUT2D eigenvalue weighted by Crippen LogP contribution is 2.31. The van der Waals surface area contributed by atoms with Crippen LogP contribution in [0.5, 0.6) is 0 Å². The zero-order valence-electron chi connectivity index (χ0n) is 14.1. The van der Waals surface area contributed by atoms with Gasteiger partial charge in [-0.2, -0.15) is 0 Å². The van der Waals surface area contributed by atoms with Gasteiger partial charge in [-0.25, -0.2) is 9.97 Å². The molecule has 1 aliphatic heterocycles. The van der Waals surface area contributed by atoms with Crippen LogP contribution < -0.4 is 0 Å². The van der Waals surface area contributed by atoms with Gasteiger partial charge in [-0.05, 0) is 37.1 Å². The van der Waals surface area contributed by atoms with Gasteiger partial charge in [-0.1, -0.05) is 31.2 Å². The summed E-state index contributed by atoms with van der Waals surface area (Å²) >= 11 is 2.72. The molecule has 0 N–H and O–H groups in total. The number of nitrogens with zero attached hydrogens (tertiary/aromatic N) is 4. The highest BCUT2D eigenvalue weighted by atomic mass is 32.2. The van der Waals surface area contributed by atoms with E-state index >= 15 is 0 Å². The number of imidazole rings is 1. The van der Waals surface area contributed by atoms with Gasteiger partial charge in [0.1, 0.15) is 5.65 Å². The molecule has 0 aliphatic carbocycles. The highest BCUT2D eigenvalue weighted by molar-refractivity contribution is 8.18. The maximum absolute atomic E-state index is 12.2. The number of carbonyl (C=O) groups excluding carboxylic acids is 2. The van der Waals surface area contributed by atoms with Crippen molar-refractivity contribution >= 4 is 40.3 Å². The number of amides is 2. The van der Waals surface area contributed by atoms with Crippen LogP contribution in [0.1, 0.15) is 32.6 Å². The van der Waals surface area contributed by atoms with Crippen molar-refractivity contribution in [3.63, 3.8) is 0 Å². The van der Waals surface area contributed by atoms with Crippen LogP contribution in [0.2, 0.25) is 0 Å². The molecule has 0 atom stereocenters. The Hall–Kier alpha value is -1.80. The quantitative estimate of drug-likeness (QED) is 0.300. The Morgan fingerprint density at radius 2 is 2.12 bits per heavy atom. The van der Waals surface area contributed by atoms with Crippen molar-refractivity contribution in [1.82, 2.24) is 19.3 Å². The summed E-state index contributed by atoms with van der Waals surface area (Å²) in [6, 6.07) is 1.87. The molecule has 8 heteroatoms. The zero-order valence-corrected chi connectivity index (χ0v) is 15.7. The molecular weight excluding hydrogens is 356 g/mol. The van der Waals surface area contributed by atoms with E-state index in [1.165, 1.54) is 4.90 Å². The van der Waals surface area contributed by atoms with E-state index in [1.807, 2.05) is 22.7 Å². The molecule has 3 heterocycles. The van der Waals surface area contributed by atoms with Crippen LogP contribution in [-0.2, 0) is 4.79 Å². The van der Waals surface area contributed by atoms with Gasteiger partial charge >= 0.3 is 0 Å². The van der Waals surface area contributed by atoms with Gasteiger partial charge in [0.2, 0.25) is 0 Å². The lowest BCUT2D eigenvalue weighted by Gasteiger charge is -2.11. The van der Waals surface area contributed by atoms with Crippen molar-refractivity contribution in [1.29, 1.82) is 0 Å². The third kappa shape index (κ3) is 4.24. The molecule has 0 bridgehead atoms. The molecule has 0 unspecified atom stereocenters. The van der Waals surface area contributed by atoms with Gasteiger partial charge in [0.25, 0.3) is 11.1 Å². The number of hydrogen-bond donors (Lipinski definition) is 0. The van der Waals surface area contributed by atoms with E-state index in [9.17, 15) is 9.59 Å². The molecule has 0 radical (unpaired) electrons. The Labute approximate surface area is 155 Å².